The predicted molar refractivity (Wildman–Crippen MR) is 53.1 cm³/mol. The van der Waals surface area contributed by atoms with Crippen molar-refractivity contribution < 1.29 is 0 Å². The highest BCUT2D eigenvalue weighted by Gasteiger charge is 1.90. The lowest BCUT2D eigenvalue weighted by Crippen LogP contribution is -1.90. The van der Waals surface area contributed by atoms with Crippen molar-refractivity contribution >= 4 is 23.3 Å². The van der Waals surface area contributed by atoms with Crippen LogP contribution in [0.25, 0.3) is 10.9 Å². The molecule has 4 heteroatoms. The van der Waals surface area contributed by atoms with E-state index in [-0.39, 0.29) is 17.8 Å². The SMILES string of the molecule is Cl.O=c1cnnc2ccccc2c1. The Bertz CT molecular complexity index is 473. The molecule has 0 aliphatic carbocycles. The Labute approximate surface area is 80.8 Å². The third kappa shape index (κ3) is 2.00. The van der Waals surface area contributed by atoms with Crippen molar-refractivity contribution in [1.29, 1.82) is 0 Å². The lowest BCUT2D eigenvalue weighted by molar-refractivity contribution is 1.08. The van der Waals surface area contributed by atoms with Crippen LogP contribution in [0.4, 0.5) is 0 Å². The van der Waals surface area contributed by atoms with Gasteiger partial charge in [-0.1, -0.05) is 18.2 Å². The van der Waals surface area contributed by atoms with Gasteiger partial charge in [0.05, 0.1) is 11.7 Å². The van der Waals surface area contributed by atoms with Crippen LogP contribution in [0.15, 0.2) is 41.3 Å². The van der Waals surface area contributed by atoms with Gasteiger partial charge in [0.15, 0.2) is 5.43 Å². The molecule has 0 fully saturated rings. The van der Waals surface area contributed by atoms with Crippen LogP contribution in [0, 0.1) is 0 Å². The fraction of sp³-hybridized carbons (Fsp3) is 0. The standard InChI is InChI=1S/C9H6N2O.ClH/c12-8-5-7-3-1-2-4-9(7)11-10-6-8;/h1-6H;1H. The highest BCUT2D eigenvalue weighted by molar-refractivity contribution is 5.85. The van der Waals surface area contributed by atoms with Crippen molar-refractivity contribution in [2.45, 2.75) is 0 Å². The molecular formula is C9H7ClN2O. The van der Waals surface area contributed by atoms with Crippen LogP contribution in [-0.2, 0) is 0 Å². The Morgan fingerprint density at radius 1 is 1.15 bits per heavy atom. The van der Waals surface area contributed by atoms with Gasteiger partial charge in [-0.25, -0.2) is 0 Å². The molecule has 0 atom stereocenters. The van der Waals surface area contributed by atoms with E-state index in [1.165, 1.54) is 12.3 Å². The van der Waals surface area contributed by atoms with E-state index in [1.807, 2.05) is 24.3 Å². The molecule has 1 heterocycles. The van der Waals surface area contributed by atoms with Gasteiger partial charge >= 0.3 is 0 Å². The van der Waals surface area contributed by atoms with Gasteiger partial charge in [-0.3, -0.25) is 4.79 Å². The van der Waals surface area contributed by atoms with Gasteiger partial charge in [0.25, 0.3) is 0 Å². The molecule has 1 aromatic carbocycles. The average molecular weight is 195 g/mol. The molecule has 0 N–H and O–H groups in total. The minimum atomic E-state index is -0.122. The zero-order valence-electron chi connectivity index (χ0n) is 6.68. The van der Waals surface area contributed by atoms with E-state index in [0.717, 1.165) is 10.9 Å². The molecule has 0 aliphatic rings. The third-order valence-electron chi connectivity index (χ3n) is 1.58. The fourth-order valence-electron chi connectivity index (χ4n) is 1.04. The first kappa shape index (κ1) is 9.61. The zero-order valence-corrected chi connectivity index (χ0v) is 7.49. The van der Waals surface area contributed by atoms with Crippen molar-refractivity contribution in [3.63, 3.8) is 0 Å². The van der Waals surface area contributed by atoms with Crippen molar-refractivity contribution in [2.24, 2.45) is 0 Å². The summed E-state index contributed by atoms with van der Waals surface area (Å²) in [5.74, 6) is 0. The Balaban J connectivity index is 0.000000845. The molecule has 0 amide bonds. The number of fused-ring (bicyclic) bond motifs is 1. The van der Waals surface area contributed by atoms with Gasteiger partial charge in [-0.05, 0) is 12.1 Å². The summed E-state index contributed by atoms with van der Waals surface area (Å²) in [6, 6.07) is 8.91. The highest BCUT2D eigenvalue weighted by atomic mass is 35.5. The molecule has 0 spiro atoms. The lowest BCUT2D eigenvalue weighted by atomic mass is 10.2. The van der Waals surface area contributed by atoms with E-state index in [0.29, 0.717) is 0 Å². The van der Waals surface area contributed by atoms with Crippen molar-refractivity contribution in [3.05, 3.63) is 46.8 Å². The van der Waals surface area contributed by atoms with E-state index in [9.17, 15) is 4.79 Å². The summed E-state index contributed by atoms with van der Waals surface area (Å²) in [5.41, 5.74) is 0.614. The predicted octanol–water partition coefficient (Wildman–Crippen LogP) is 1.41. The first-order valence-corrected chi connectivity index (χ1v) is 3.58. The normalized spacial score (nSPS) is 9.23. The van der Waals surface area contributed by atoms with E-state index in [1.54, 1.807) is 0 Å². The number of rotatable bonds is 0. The molecule has 0 bridgehead atoms. The molecule has 0 unspecified atom stereocenters. The molecule has 0 aliphatic heterocycles. The maximum absolute atomic E-state index is 11.0. The number of nitrogens with zero attached hydrogens (tertiary/aromatic N) is 2. The first-order chi connectivity index (χ1) is 5.86. The summed E-state index contributed by atoms with van der Waals surface area (Å²) in [4.78, 5) is 11.0. The molecule has 13 heavy (non-hydrogen) atoms. The number of benzene rings is 1. The van der Waals surface area contributed by atoms with E-state index in [4.69, 9.17) is 0 Å². The van der Waals surface area contributed by atoms with Crippen molar-refractivity contribution in [3.8, 4) is 0 Å². The second-order valence-electron chi connectivity index (χ2n) is 2.45. The maximum Gasteiger partial charge on any atom is 0.199 e. The summed E-state index contributed by atoms with van der Waals surface area (Å²) < 4.78 is 0. The van der Waals surface area contributed by atoms with Crippen LogP contribution in [0.2, 0.25) is 0 Å². The van der Waals surface area contributed by atoms with Crippen molar-refractivity contribution in [1.82, 2.24) is 10.2 Å². The van der Waals surface area contributed by atoms with Crippen LogP contribution >= 0.6 is 12.4 Å². The monoisotopic (exact) mass is 194 g/mol. The van der Waals surface area contributed by atoms with Crippen LogP contribution in [0.5, 0.6) is 0 Å². The Kier molecular flexibility index (Phi) is 2.93. The summed E-state index contributed by atoms with van der Waals surface area (Å²) in [5, 5.41) is 8.29. The van der Waals surface area contributed by atoms with E-state index < -0.39 is 0 Å². The molecule has 2 rings (SSSR count). The maximum atomic E-state index is 11.0. The Morgan fingerprint density at radius 3 is 2.77 bits per heavy atom. The molecule has 3 nitrogen and oxygen atoms in total. The molecular weight excluding hydrogens is 188 g/mol. The van der Waals surface area contributed by atoms with Gasteiger partial charge in [-0.2, -0.15) is 10.2 Å². The van der Waals surface area contributed by atoms with Crippen LogP contribution < -0.4 is 5.43 Å². The molecule has 0 saturated heterocycles. The quantitative estimate of drug-likeness (QED) is 0.637. The van der Waals surface area contributed by atoms with Crippen LogP contribution in [0.3, 0.4) is 0 Å². The number of aromatic nitrogens is 2. The second-order valence-corrected chi connectivity index (χ2v) is 2.45. The minimum Gasteiger partial charge on any atom is -0.288 e. The molecule has 66 valence electrons. The molecule has 2 aromatic rings. The third-order valence-corrected chi connectivity index (χ3v) is 1.58. The molecule has 0 radical (unpaired) electrons. The van der Waals surface area contributed by atoms with Crippen molar-refractivity contribution in [2.75, 3.05) is 0 Å². The highest BCUT2D eigenvalue weighted by Crippen LogP contribution is 2.04. The number of hydrogen-bond donors (Lipinski definition) is 0. The van der Waals surface area contributed by atoms with E-state index >= 15 is 0 Å². The first-order valence-electron chi connectivity index (χ1n) is 3.58. The zero-order chi connectivity index (χ0) is 8.39. The Hall–Kier alpha value is -1.48. The van der Waals surface area contributed by atoms with E-state index in [2.05, 4.69) is 10.2 Å². The van der Waals surface area contributed by atoms with Gasteiger partial charge in [0.1, 0.15) is 0 Å². The van der Waals surface area contributed by atoms with Gasteiger partial charge < -0.3 is 0 Å². The summed E-state index contributed by atoms with van der Waals surface area (Å²) in [6.45, 7) is 0. The summed E-state index contributed by atoms with van der Waals surface area (Å²) >= 11 is 0. The minimum absolute atomic E-state index is 0. The summed E-state index contributed by atoms with van der Waals surface area (Å²) in [6.07, 6.45) is 1.21. The van der Waals surface area contributed by atoms with Crippen LogP contribution in [-0.4, -0.2) is 10.2 Å². The molecule has 1 aromatic heterocycles. The van der Waals surface area contributed by atoms with Gasteiger partial charge in [-0.15, -0.1) is 12.4 Å². The topological polar surface area (TPSA) is 42.9 Å². The average Bonchev–Trinajstić information content (AvgIpc) is 2.25. The number of halogens is 1. The van der Waals surface area contributed by atoms with Crippen LogP contribution in [0.1, 0.15) is 0 Å². The second kappa shape index (κ2) is 3.96. The largest absolute Gasteiger partial charge is 0.288 e. The molecule has 0 saturated carbocycles. The smallest absolute Gasteiger partial charge is 0.199 e. The lowest BCUT2D eigenvalue weighted by Gasteiger charge is -1.85. The Morgan fingerprint density at radius 2 is 1.92 bits per heavy atom. The summed E-state index contributed by atoms with van der Waals surface area (Å²) in [7, 11) is 0. The van der Waals surface area contributed by atoms with Gasteiger partial charge in [0.2, 0.25) is 0 Å². The van der Waals surface area contributed by atoms with Gasteiger partial charge in [0, 0.05) is 5.39 Å². The fourth-order valence-corrected chi connectivity index (χ4v) is 1.04. The number of hydrogen-bond acceptors (Lipinski definition) is 3.